The minimum atomic E-state index is -4.48. The third-order valence-corrected chi connectivity index (χ3v) is 7.52. The predicted octanol–water partition coefficient (Wildman–Crippen LogP) is 5.61. The Morgan fingerprint density at radius 2 is 0.810 bits per heavy atom. The number of anilines is 2. The summed E-state index contributed by atoms with van der Waals surface area (Å²) in [6, 6.07) is 19.9. The highest BCUT2D eigenvalue weighted by molar-refractivity contribution is 5.96. The summed E-state index contributed by atoms with van der Waals surface area (Å²) in [6.07, 6.45) is -4.48. The molecule has 3 aromatic carbocycles. The van der Waals surface area contributed by atoms with Crippen molar-refractivity contribution in [2.45, 2.75) is 6.18 Å². The molecule has 0 aliphatic rings. The first-order valence-corrected chi connectivity index (χ1v) is 19.0. The molecule has 0 atom stereocenters. The largest absolute Gasteiger partial charge is 0.460 e. The van der Waals surface area contributed by atoms with Gasteiger partial charge in [0.05, 0.1) is 141 Å². The second-order valence-electron chi connectivity index (χ2n) is 11.9. The molecule has 1 N–H and O–H groups in total. The van der Waals surface area contributed by atoms with Crippen molar-refractivity contribution >= 4 is 23.3 Å². The van der Waals surface area contributed by atoms with Crippen LogP contribution in [-0.2, 0) is 58.3 Å². The zero-order valence-corrected chi connectivity index (χ0v) is 32.6. The van der Waals surface area contributed by atoms with Crippen LogP contribution in [0.25, 0.3) is 0 Å². The van der Waals surface area contributed by atoms with Crippen LogP contribution in [0.1, 0.15) is 26.3 Å². The summed E-state index contributed by atoms with van der Waals surface area (Å²) in [4.78, 5) is 24.4. The monoisotopic (exact) mass is 825 g/mol. The van der Waals surface area contributed by atoms with Crippen molar-refractivity contribution in [3.05, 3.63) is 95.6 Å². The van der Waals surface area contributed by atoms with Crippen molar-refractivity contribution in [3.8, 4) is 0 Å². The maximum absolute atomic E-state index is 13.1. The number of nitrogens with one attached hydrogen (secondary N) is 1. The van der Waals surface area contributed by atoms with Crippen LogP contribution in [0.5, 0.6) is 0 Å². The number of para-hydroxylation sites is 1. The lowest BCUT2D eigenvalue weighted by Crippen LogP contribution is -2.16. The second-order valence-corrected chi connectivity index (χ2v) is 11.9. The van der Waals surface area contributed by atoms with E-state index in [1.807, 2.05) is 6.07 Å². The fourth-order valence-electron chi connectivity index (χ4n) is 4.68. The van der Waals surface area contributed by atoms with Crippen molar-refractivity contribution in [2.24, 2.45) is 0 Å². The molecule has 0 bridgehead atoms. The van der Waals surface area contributed by atoms with Gasteiger partial charge in [0.25, 0.3) is 0 Å². The Kier molecular flexibility index (Phi) is 25.6. The van der Waals surface area contributed by atoms with Gasteiger partial charge < -0.3 is 57.4 Å². The Morgan fingerprint density at radius 3 is 1.24 bits per heavy atom. The first-order valence-electron chi connectivity index (χ1n) is 19.0. The fourth-order valence-corrected chi connectivity index (χ4v) is 4.68. The van der Waals surface area contributed by atoms with E-state index < -0.39 is 17.7 Å². The van der Waals surface area contributed by atoms with Crippen molar-refractivity contribution in [1.29, 1.82) is 0 Å². The molecule has 17 heteroatoms. The van der Waals surface area contributed by atoms with Gasteiger partial charge in [-0.1, -0.05) is 36.4 Å². The summed E-state index contributed by atoms with van der Waals surface area (Å²) in [5, 5.41) is 2.86. The molecule has 0 heterocycles. The van der Waals surface area contributed by atoms with Crippen LogP contribution in [0, 0.1) is 0 Å². The molecule has 0 fully saturated rings. The van der Waals surface area contributed by atoms with Gasteiger partial charge in [0.15, 0.2) is 0 Å². The van der Waals surface area contributed by atoms with E-state index in [0.717, 1.165) is 12.1 Å². The van der Waals surface area contributed by atoms with Gasteiger partial charge in [0.2, 0.25) is 0 Å². The smallest absolute Gasteiger partial charge is 0.416 e. The minimum Gasteiger partial charge on any atom is -0.460 e. The van der Waals surface area contributed by atoms with Gasteiger partial charge in [0, 0.05) is 5.69 Å². The van der Waals surface area contributed by atoms with Gasteiger partial charge in [-0.05, 0) is 42.5 Å². The molecule has 0 aromatic heterocycles. The third kappa shape index (κ3) is 22.7. The summed E-state index contributed by atoms with van der Waals surface area (Å²) >= 11 is 0. The van der Waals surface area contributed by atoms with Crippen LogP contribution in [0.15, 0.2) is 78.9 Å². The van der Waals surface area contributed by atoms with Gasteiger partial charge >= 0.3 is 18.1 Å². The molecule has 0 saturated heterocycles. The highest BCUT2D eigenvalue weighted by Gasteiger charge is 2.30. The summed E-state index contributed by atoms with van der Waals surface area (Å²) in [5.41, 5.74) is 0.401. The van der Waals surface area contributed by atoms with Crippen LogP contribution < -0.4 is 5.32 Å². The van der Waals surface area contributed by atoms with Crippen molar-refractivity contribution < 1.29 is 74.9 Å². The number of hydrogen-bond donors (Lipinski definition) is 1. The number of carbonyl (C=O) groups is 2. The lowest BCUT2D eigenvalue weighted by molar-refractivity contribution is -0.137. The Balaban J connectivity index is 0.992. The van der Waals surface area contributed by atoms with E-state index in [-0.39, 0.29) is 37.0 Å². The Bertz CT molecular complexity index is 1520. The maximum Gasteiger partial charge on any atom is 0.416 e. The van der Waals surface area contributed by atoms with Gasteiger partial charge in [-0.25, -0.2) is 9.59 Å². The molecule has 3 rings (SSSR count). The summed E-state index contributed by atoms with van der Waals surface area (Å²) < 4.78 is 98.6. The number of carbonyl (C=O) groups excluding carboxylic acids is 2. The number of ether oxygens (including phenoxy) is 11. The topological polar surface area (TPSA) is 148 Å². The fraction of sp³-hybridized carbons (Fsp3) is 0.512. The second kappa shape index (κ2) is 30.8. The van der Waals surface area contributed by atoms with Crippen LogP contribution >= 0.6 is 0 Å². The van der Waals surface area contributed by atoms with Crippen molar-refractivity contribution in [1.82, 2.24) is 0 Å². The van der Waals surface area contributed by atoms with E-state index in [1.54, 1.807) is 42.5 Å². The van der Waals surface area contributed by atoms with E-state index in [9.17, 15) is 22.8 Å². The van der Waals surface area contributed by atoms with Gasteiger partial charge in [-0.3, -0.25) is 0 Å². The van der Waals surface area contributed by atoms with E-state index >= 15 is 0 Å². The average molecular weight is 826 g/mol. The predicted molar refractivity (Wildman–Crippen MR) is 206 cm³/mol. The van der Waals surface area contributed by atoms with Crippen LogP contribution in [-0.4, -0.2) is 144 Å². The highest BCUT2D eigenvalue weighted by atomic mass is 19.4. The van der Waals surface area contributed by atoms with Gasteiger partial charge in [0.1, 0.15) is 13.2 Å². The number of alkyl halides is 3. The van der Waals surface area contributed by atoms with Crippen molar-refractivity contribution in [3.63, 3.8) is 0 Å². The normalized spacial score (nSPS) is 11.4. The van der Waals surface area contributed by atoms with E-state index in [1.165, 1.54) is 18.2 Å². The van der Waals surface area contributed by atoms with Crippen molar-refractivity contribution in [2.75, 3.05) is 137 Å². The van der Waals surface area contributed by atoms with E-state index in [2.05, 4.69) is 5.32 Å². The molecule has 58 heavy (non-hydrogen) atoms. The number of benzene rings is 3. The Hall–Kier alpha value is -4.17. The molecular formula is C41H54F3NO13. The first kappa shape index (κ1) is 48.2. The molecule has 14 nitrogen and oxygen atoms in total. The zero-order chi connectivity index (χ0) is 41.4. The van der Waals surface area contributed by atoms with Gasteiger partial charge in [-0.15, -0.1) is 0 Å². The molecule has 0 radical (unpaired) electrons. The molecule has 0 aliphatic carbocycles. The van der Waals surface area contributed by atoms with Gasteiger partial charge in [-0.2, -0.15) is 13.2 Å². The highest BCUT2D eigenvalue weighted by Crippen LogP contribution is 2.32. The number of esters is 2. The summed E-state index contributed by atoms with van der Waals surface area (Å²) in [6.45, 7) is 7.23. The molecule has 0 unspecified atom stereocenters. The van der Waals surface area contributed by atoms with Crippen LogP contribution in [0.3, 0.4) is 0 Å². The minimum absolute atomic E-state index is 0.00832. The third-order valence-electron chi connectivity index (χ3n) is 7.52. The van der Waals surface area contributed by atoms with Crippen LogP contribution in [0.2, 0.25) is 0 Å². The average Bonchev–Trinajstić information content (AvgIpc) is 3.23. The lowest BCUT2D eigenvalue weighted by atomic mass is 10.1. The Labute approximate surface area is 337 Å². The standard InChI is InChI=1S/C41H54F3NO13/c42-41(43,44)35-9-6-10-36(33-35)45-38-12-5-4-11-37(38)40(47)58-32-30-56-28-26-54-24-22-52-20-18-50-16-14-48-13-15-49-17-19-51-21-23-53-25-27-55-29-31-57-39(46)34-7-2-1-3-8-34/h1-12,33,45H,13-32H2. The summed E-state index contributed by atoms with van der Waals surface area (Å²) in [5.74, 6) is -1.01. The molecule has 322 valence electrons. The van der Waals surface area contributed by atoms with Crippen LogP contribution in [0.4, 0.5) is 24.5 Å². The first-order chi connectivity index (χ1) is 28.3. The van der Waals surface area contributed by atoms with E-state index in [0.29, 0.717) is 124 Å². The molecular weight excluding hydrogens is 771 g/mol. The molecule has 0 spiro atoms. The summed E-state index contributed by atoms with van der Waals surface area (Å²) in [7, 11) is 0. The zero-order valence-electron chi connectivity index (χ0n) is 32.6. The maximum atomic E-state index is 13.1. The number of hydrogen-bond acceptors (Lipinski definition) is 14. The Morgan fingerprint density at radius 1 is 0.431 bits per heavy atom. The molecule has 3 aromatic rings. The number of halogens is 3. The molecule has 0 saturated carbocycles. The molecule has 0 aliphatic heterocycles. The lowest BCUT2D eigenvalue weighted by Gasteiger charge is -2.13. The molecule has 0 amide bonds. The SMILES string of the molecule is O=C(OCCOCCOCCOCCOCCOCCOCCOCCOCCOCCOC(=O)c1ccccc1Nc1cccc(C(F)(F)F)c1)c1ccccc1. The number of rotatable bonds is 34. The quantitative estimate of drug-likeness (QED) is 0.0588. The van der Waals surface area contributed by atoms with E-state index in [4.69, 9.17) is 52.1 Å².